The number of halogens is 2. The Morgan fingerprint density at radius 1 is 0.893 bits per heavy atom. The van der Waals surface area contributed by atoms with Gasteiger partial charge in [0.25, 0.3) is 0 Å². The summed E-state index contributed by atoms with van der Waals surface area (Å²) in [6.45, 7) is 0.700. The van der Waals surface area contributed by atoms with Gasteiger partial charge in [0.1, 0.15) is 0 Å². The van der Waals surface area contributed by atoms with Gasteiger partial charge in [-0.3, -0.25) is 4.99 Å². The second-order valence-corrected chi connectivity index (χ2v) is 7.40. The molecule has 0 saturated carbocycles. The van der Waals surface area contributed by atoms with Gasteiger partial charge in [0, 0.05) is 23.5 Å². The summed E-state index contributed by atoms with van der Waals surface area (Å²) in [5, 5.41) is 3.26. The topological polar surface area (TPSA) is 28.1 Å². The van der Waals surface area contributed by atoms with E-state index in [2.05, 4.69) is 41.4 Å². The van der Waals surface area contributed by atoms with Gasteiger partial charge in [-0.1, -0.05) is 42.5 Å². The van der Waals surface area contributed by atoms with Crippen molar-refractivity contribution < 1.29 is 8.78 Å². The van der Waals surface area contributed by atoms with Gasteiger partial charge >= 0.3 is 0 Å². The molecule has 1 aliphatic rings. The van der Waals surface area contributed by atoms with E-state index in [1.807, 2.05) is 6.07 Å². The van der Waals surface area contributed by atoms with Crippen LogP contribution in [0.5, 0.6) is 0 Å². The minimum atomic E-state index is -0.819. The normalized spacial score (nSPS) is 15.4. The molecule has 0 bridgehead atoms. The first kappa shape index (κ1) is 17.1. The van der Waals surface area contributed by atoms with Crippen LogP contribution in [0, 0.1) is 11.6 Å². The van der Waals surface area contributed by atoms with Crippen LogP contribution < -0.4 is 0 Å². The van der Waals surface area contributed by atoms with E-state index in [0.29, 0.717) is 12.1 Å². The molecule has 0 atom stereocenters. The molecule has 28 heavy (non-hydrogen) atoms. The number of hydrogen-bond donors (Lipinski definition) is 1. The summed E-state index contributed by atoms with van der Waals surface area (Å²) in [5.74, 6) is -1.62. The van der Waals surface area contributed by atoms with Gasteiger partial charge in [-0.05, 0) is 53.6 Å². The smallest absolute Gasteiger partial charge is 0.160 e. The third-order valence-corrected chi connectivity index (χ3v) is 5.59. The van der Waals surface area contributed by atoms with E-state index in [4.69, 9.17) is 4.99 Å². The molecule has 1 N–H and O–H groups in total. The van der Waals surface area contributed by atoms with E-state index >= 15 is 0 Å². The zero-order chi connectivity index (χ0) is 19.1. The first-order chi connectivity index (χ1) is 13.7. The average Bonchev–Trinajstić information content (AvgIpc) is 3.06. The Bertz CT molecular complexity index is 1220. The second-order valence-electron chi connectivity index (χ2n) is 7.40. The van der Waals surface area contributed by atoms with Crippen molar-refractivity contribution in [2.75, 3.05) is 6.54 Å². The molecule has 0 radical (unpaired) electrons. The number of benzene rings is 3. The van der Waals surface area contributed by atoms with Gasteiger partial charge in [0.2, 0.25) is 0 Å². The standard InChI is InChI=1S/C24H20F2N2/c25-20-13-19-18-6-3-7-22(24(18)28-23(19)14-21(20)26)27-11-10-15-8-9-16-4-1-2-5-17(16)12-15/h1-2,4-5,8-9,12-14,28H,3,6-7,10-11H2/b27-22+. The highest BCUT2D eigenvalue weighted by atomic mass is 19.2. The molecular weight excluding hydrogens is 354 g/mol. The number of aromatic amines is 1. The Balaban J connectivity index is 1.41. The first-order valence-corrected chi connectivity index (χ1v) is 9.70. The fourth-order valence-electron chi connectivity index (χ4n) is 4.18. The van der Waals surface area contributed by atoms with E-state index < -0.39 is 11.6 Å². The largest absolute Gasteiger partial charge is 0.353 e. The van der Waals surface area contributed by atoms with Crippen LogP contribution in [0.3, 0.4) is 0 Å². The molecule has 1 aliphatic carbocycles. The highest BCUT2D eigenvalue weighted by Gasteiger charge is 2.21. The summed E-state index contributed by atoms with van der Waals surface area (Å²) in [6.07, 6.45) is 3.60. The number of nitrogens with one attached hydrogen (secondary N) is 1. The Morgan fingerprint density at radius 3 is 2.61 bits per heavy atom. The molecule has 0 saturated heterocycles. The third-order valence-electron chi connectivity index (χ3n) is 5.59. The fraction of sp³-hybridized carbons (Fsp3) is 0.208. The zero-order valence-corrected chi connectivity index (χ0v) is 15.4. The molecule has 0 fully saturated rings. The highest BCUT2D eigenvalue weighted by molar-refractivity contribution is 6.06. The number of nitrogens with zero attached hydrogens (tertiary/aromatic N) is 1. The maximum Gasteiger partial charge on any atom is 0.160 e. The van der Waals surface area contributed by atoms with Crippen molar-refractivity contribution in [3.8, 4) is 0 Å². The number of hydrogen-bond acceptors (Lipinski definition) is 1. The summed E-state index contributed by atoms with van der Waals surface area (Å²) in [5.41, 5.74) is 4.93. The van der Waals surface area contributed by atoms with Gasteiger partial charge in [-0.25, -0.2) is 8.78 Å². The molecule has 4 aromatic rings. The first-order valence-electron chi connectivity index (χ1n) is 9.70. The Kier molecular flexibility index (Phi) is 4.19. The molecule has 2 nitrogen and oxygen atoms in total. The zero-order valence-electron chi connectivity index (χ0n) is 15.4. The molecule has 4 heteroatoms. The van der Waals surface area contributed by atoms with Crippen molar-refractivity contribution >= 4 is 27.4 Å². The van der Waals surface area contributed by atoms with Gasteiger partial charge < -0.3 is 4.98 Å². The summed E-state index contributed by atoms with van der Waals surface area (Å²) in [7, 11) is 0. The summed E-state index contributed by atoms with van der Waals surface area (Å²) >= 11 is 0. The quantitative estimate of drug-likeness (QED) is 0.458. The van der Waals surface area contributed by atoms with Crippen molar-refractivity contribution in [2.24, 2.45) is 4.99 Å². The van der Waals surface area contributed by atoms with Gasteiger partial charge in [-0.2, -0.15) is 0 Å². The van der Waals surface area contributed by atoms with Crippen molar-refractivity contribution in [3.63, 3.8) is 0 Å². The lowest BCUT2D eigenvalue weighted by molar-refractivity contribution is 0.511. The van der Waals surface area contributed by atoms with Crippen LogP contribution in [0.25, 0.3) is 21.7 Å². The minimum Gasteiger partial charge on any atom is -0.353 e. The summed E-state index contributed by atoms with van der Waals surface area (Å²) < 4.78 is 27.3. The Morgan fingerprint density at radius 2 is 1.71 bits per heavy atom. The maximum absolute atomic E-state index is 13.7. The summed E-state index contributed by atoms with van der Waals surface area (Å²) in [4.78, 5) is 8.11. The molecule has 1 aromatic heterocycles. The van der Waals surface area contributed by atoms with E-state index in [0.717, 1.165) is 48.0 Å². The van der Waals surface area contributed by atoms with Gasteiger partial charge in [-0.15, -0.1) is 0 Å². The van der Waals surface area contributed by atoms with Crippen molar-refractivity contribution in [1.82, 2.24) is 4.98 Å². The van der Waals surface area contributed by atoms with E-state index in [-0.39, 0.29) is 0 Å². The van der Waals surface area contributed by atoms with Crippen LogP contribution in [0.4, 0.5) is 8.78 Å². The molecule has 0 spiro atoms. The number of aromatic nitrogens is 1. The molecule has 0 unspecified atom stereocenters. The number of H-pyrrole nitrogens is 1. The van der Waals surface area contributed by atoms with Crippen LogP contribution in [0.15, 0.2) is 59.6 Å². The third kappa shape index (κ3) is 2.99. The predicted octanol–water partition coefficient (Wildman–Crippen LogP) is 5.97. The lowest BCUT2D eigenvalue weighted by atomic mass is 9.94. The van der Waals surface area contributed by atoms with Crippen LogP contribution in [-0.2, 0) is 12.8 Å². The molecule has 5 rings (SSSR count). The Labute approximate surface area is 161 Å². The van der Waals surface area contributed by atoms with Crippen LogP contribution in [0.1, 0.15) is 29.7 Å². The lowest BCUT2D eigenvalue weighted by Crippen LogP contribution is -2.12. The molecule has 1 heterocycles. The fourth-order valence-corrected chi connectivity index (χ4v) is 4.18. The number of fused-ring (bicyclic) bond motifs is 4. The van der Waals surface area contributed by atoms with Crippen LogP contribution >= 0.6 is 0 Å². The van der Waals surface area contributed by atoms with Crippen molar-refractivity contribution in [2.45, 2.75) is 25.7 Å². The molecule has 0 amide bonds. The van der Waals surface area contributed by atoms with Gasteiger partial charge in [0.05, 0.1) is 11.4 Å². The molecule has 0 aliphatic heterocycles. The number of aryl methyl sites for hydroxylation is 1. The molecule has 3 aromatic carbocycles. The SMILES string of the molecule is Fc1cc2[nH]c3c(c2cc1F)CCC/C3=N\CCc1ccc2ccccc2c1. The van der Waals surface area contributed by atoms with Crippen molar-refractivity contribution in [3.05, 3.63) is 83.1 Å². The molecular formula is C24H20F2N2. The minimum absolute atomic E-state index is 0.646. The summed E-state index contributed by atoms with van der Waals surface area (Å²) in [6, 6.07) is 17.4. The number of aliphatic imine (C=N–C) groups is 1. The van der Waals surface area contributed by atoms with Crippen LogP contribution in [-0.4, -0.2) is 17.2 Å². The molecule has 140 valence electrons. The average molecular weight is 374 g/mol. The Hall–Kier alpha value is -3.01. The van der Waals surface area contributed by atoms with Crippen molar-refractivity contribution in [1.29, 1.82) is 0 Å². The predicted molar refractivity (Wildman–Crippen MR) is 110 cm³/mol. The maximum atomic E-state index is 13.7. The van der Waals surface area contributed by atoms with E-state index in [1.54, 1.807) is 0 Å². The van der Waals surface area contributed by atoms with Gasteiger partial charge in [0.15, 0.2) is 11.6 Å². The monoisotopic (exact) mass is 374 g/mol. The van der Waals surface area contributed by atoms with E-state index in [1.165, 1.54) is 28.5 Å². The van der Waals surface area contributed by atoms with E-state index in [9.17, 15) is 8.78 Å². The second kappa shape index (κ2) is 6.86. The van der Waals surface area contributed by atoms with Crippen LogP contribution in [0.2, 0.25) is 0 Å². The lowest BCUT2D eigenvalue weighted by Gasteiger charge is -2.14. The number of rotatable bonds is 3. The highest BCUT2D eigenvalue weighted by Crippen LogP contribution is 2.31.